The fraction of sp³-hybridized carbons (Fsp3) is 0.393. The van der Waals surface area contributed by atoms with Gasteiger partial charge < -0.3 is 9.16 Å². The monoisotopic (exact) mass is 448 g/mol. The van der Waals surface area contributed by atoms with Crippen LogP contribution in [0.2, 0.25) is 5.04 Å². The van der Waals surface area contributed by atoms with Crippen LogP contribution in [-0.4, -0.2) is 26.5 Å². The molecule has 0 saturated heterocycles. The Bertz CT molecular complexity index is 937. The number of hydrogen-bond donors (Lipinski definition) is 0. The van der Waals surface area contributed by atoms with Crippen molar-refractivity contribution in [2.75, 3.05) is 6.61 Å². The summed E-state index contributed by atoms with van der Waals surface area (Å²) in [5, 5.41) is 2.43. The molecule has 0 unspecified atom stereocenters. The molecule has 0 heterocycles. The van der Waals surface area contributed by atoms with Gasteiger partial charge in [-0.25, -0.2) is 4.79 Å². The highest BCUT2D eigenvalue weighted by Crippen LogP contribution is 2.49. The minimum atomic E-state index is -2.69. The maximum absolute atomic E-state index is 12.3. The molecule has 0 radical (unpaired) electrons. The summed E-state index contributed by atoms with van der Waals surface area (Å²) in [6.45, 7) is 13.0. The highest BCUT2D eigenvalue weighted by molar-refractivity contribution is 6.99. The fourth-order valence-electron chi connectivity index (χ4n) is 4.80. The largest absolute Gasteiger partial charge is 0.463 e. The second-order valence-electron chi connectivity index (χ2n) is 9.63. The molecule has 3 rings (SSSR count). The van der Waals surface area contributed by atoms with E-state index >= 15 is 0 Å². The van der Waals surface area contributed by atoms with Crippen molar-refractivity contribution in [3.05, 3.63) is 84.0 Å². The van der Waals surface area contributed by atoms with Crippen LogP contribution < -0.4 is 10.4 Å². The number of carbonyl (C=O) groups excluding carboxylic acids is 1. The maximum Gasteiger partial charge on any atom is 0.333 e. The van der Waals surface area contributed by atoms with E-state index < -0.39 is 13.9 Å². The molecule has 0 bridgehead atoms. The smallest absolute Gasteiger partial charge is 0.333 e. The van der Waals surface area contributed by atoms with Crippen molar-refractivity contribution in [3.8, 4) is 0 Å². The van der Waals surface area contributed by atoms with Crippen molar-refractivity contribution >= 4 is 24.7 Å². The number of esters is 1. The van der Waals surface area contributed by atoms with E-state index in [1.165, 1.54) is 10.4 Å². The van der Waals surface area contributed by atoms with Gasteiger partial charge in [-0.2, -0.15) is 0 Å². The van der Waals surface area contributed by atoms with Gasteiger partial charge in [0.15, 0.2) is 0 Å². The molecule has 0 spiro atoms. The van der Waals surface area contributed by atoms with Crippen molar-refractivity contribution in [1.82, 2.24) is 0 Å². The second kappa shape index (κ2) is 9.59. The van der Waals surface area contributed by atoms with E-state index in [2.05, 4.69) is 93.6 Å². The van der Waals surface area contributed by atoms with E-state index in [1.807, 2.05) is 20.8 Å². The van der Waals surface area contributed by atoms with E-state index in [0.717, 1.165) is 11.1 Å². The lowest BCUT2D eigenvalue weighted by Crippen LogP contribution is -2.70. The molecule has 3 nitrogen and oxygen atoms in total. The first-order valence-electron chi connectivity index (χ1n) is 11.5. The van der Waals surface area contributed by atoms with Crippen LogP contribution in [0.1, 0.15) is 54.4 Å². The molecule has 2 aromatic carbocycles. The van der Waals surface area contributed by atoms with Crippen LogP contribution in [0.3, 0.4) is 0 Å². The number of carbonyl (C=O) groups is 1. The van der Waals surface area contributed by atoms with E-state index in [0.29, 0.717) is 19.4 Å². The van der Waals surface area contributed by atoms with Crippen LogP contribution in [-0.2, 0) is 14.0 Å². The molecule has 2 aromatic rings. The molecule has 1 fully saturated rings. The predicted molar refractivity (Wildman–Crippen MR) is 135 cm³/mol. The molecule has 1 saturated carbocycles. The van der Waals surface area contributed by atoms with Gasteiger partial charge in [-0.3, -0.25) is 0 Å². The van der Waals surface area contributed by atoms with Gasteiger partial charge in [0.25, 0.3) is 8.32 Å². The van der Waals surface area contributed by atoms with Gasteiger partial charge in [-0.1, -0.05) is 99.2 Å². The number of ether oxygens (including phenoxy) is 1. The Labute approximate surface area is 194 Å². The topological polar surface area (TPSA) is 35.5 Å². The zero-order valence-electron chi connectivity index (χ0n) is 20.3. The Hall–Kier alpha value is -2.43. The molecular formula is C28H36O3Si. The zero-order chi connectivity index (χ0) is 23.4. The van der Waals surface area contributed by atoms with Crippen molar-refractivity contribution in [3.63, 3.8) is 0 Å². The van der Waals surface area contributed by atoms with Gasteiger partial charge in [0, 0.05) is 18.4 Å². The van der Waals surface area contributed by atoms with Gasteiger partial charge in [0.05, 0.1) is 12.2 Å². The maximum atomic E-state index is 12.3. The second-order valence-corrected chi connectivity index (χ2v) is 13.9. The van der Waals surface area contributed by atoms with Crippen molar-refractivity contribution < 1.29 is 14.0 Å². The first kappa shape index (κ1) is 24.2. The highest BCUT2D eigenvalue weighted by Gasteiger charge is 2.56. The predicted octanol–water partition coefficient (Wildman–Crippen LogP) is 5.55. The first-order valence-corrected chi connectivity index (χ1v) is 13.4. The van der Waals surface area contributed by atoms with Gasteiger partial charge in [-0.05, 0) is 36.2 Å². The first-order chi connectivity index (χ1) is 15.2. The summed E-state index contributed by atoms with van der Waals surface area (Å²) >= 11 is 0. The molecule has 4 heteroatoms. The standard InChI is InChI=1S/C28H36O3Si/c1-7-19-28(20-23(21-28)22(3)26(29)30-8-2)31-32(27(4,5)6,24-15-11-9-12-16-24)25-17-13-10-14-18-25/h7,9-19H,8,20-21H2,1-6H3/b19-7+,23-22?. The van der Waals surface area contributed by atoms with Gasteiger partial charge in [-0.15, -0.1) is 0 Å². The van der Waals surface area contributed by atoms with Crippen molar-refractivity contribution in [1.29, 1.82) is 0 Å². The van der Waals surface area contributed by atoms with Gasteiger partial charge in [0.2, 0.25) is 0 Å². The minimum Gasteiger partial charge on any atom is -0.463 e. The Morgan fingerprint density at radius 2 is 1.50 bits per heavy atom. The summed E-state index contributed by atoms with van der Waals surface area (Å²) in [7, 11) is -2.69. The SMILES string of the molecule is C/C=C/C1(O[Si](c2ccccc2)(c2ccccc2)C(C)(C)C)CC(=C(C)C(=O)OCC)C1. The number of allylic oxidation sites excluding steroid dienone is 1. The van der Waals surface area contributed by atoms with E-state index in [4.69, 9.17) is 9.16 Å². The number of hydrogen-bond acceptors (Lipinski definition) is 3. The molecule has 0 aromatic heterocycles. The van der Waals surface area contributed by atoms with Crippen LogP contribution in [0.5, 0.6) is 0 Å². The summed E-state index contributed by atoms with van der Waals surface area (Å²) in [5.41, 5.74) is 1.42. The third-order valence-electron chi connectivity index (χ3n) is 6.38. The summed E-state index contributed by atoms with van der Waals surface area (Å²) in [4.78, 5) is 12.3. The quantitative estimate of drug-likeness (QED) is 0.241. The third kappa shape index (κ3) is 4.53. The normalized spacial score (nSPS) is 19.0. The van der Waals surface area contributed by atoms with E-state index in [1.54, 1.807) is 0 Å². The summed E-state index contributed by atoms with van der Waals surface area (Å²) in [6.07, 6.45) is 5.70. The Balaban J connectivity index is 2.12. The summed E-state index contributed by atoms with van der Waals surface area (Å²) < 4.78 is 12.7. The third-order valence-corrected chi connectivity index (χ3v) is 11.5. The lowest BCUT2D eigenvalue weighted by Gasteiger charge is -2.53. The van der Waals surface area contributed by atoms with Crippen LogP contribution in [0, 0.1) is 0 Å². The molecule has 0 amide bonds. The van der Waals surface area contributed by atoms with Crippen molar-refractivity contribution in [2.24, 2.45) is 0 Å². The van der Waals surface area contributed by atoms with Crippen molar-refractivity contribution in [2.45, 2.75) is 65.0 Å². The Morgan fingerprint density at radius 3 is 1.91 bits per heavy atom. The molecule has 0 atom stereocenters. The summed E-state index contributed by atoms with van der Waals surface area (Å²) in [6, 6.07) is 21.4. The van der Waals surface area contributed by atoms with Crippen LogP contribution in [0.25, 0.3) is 0 Å². The molecule has 32 heavy (non-hydrogen) atoms. The van der Waals surface area contributed by atoms with E-state index in [-0.39, 0.29) is 11.0 Å². The number of benzene rings is 2. The molecule has 1 aliphatic rings. The van der Waals surface area contributed by atoms with Gasteiger partial charge in [0.1, 0.15) is 0 Å². The molecule has 0 aliphatic heterocycles. The Kier molecular flexibility index (Phi) is 7.26. The average molecular weight is 449 g/mol. The molecule has 170 valence electrons. The minimum absolute atomic E-state index is 0.0973. The lowest BCUT2D eigenvalue weighted by atomic mass is 9.73. The summed E-state index contributed by atoms with van der Waals surface area (Å²) in [5.74, 6) is -0.220. The number of rotatable bonds is 7. The van der Waals surface area contributed by atoms with Crippen LogP contribution >= 0.6 is 0 Å². The fourth-order valence-corrected chi connectivity index (χ4v) is 9.55. The zero-order valence-corrected chi connectivity index (χ0v) is 21.3. The average Bonchev–Trinajstić information content (AvgIpc) is 2.75. The Morgan fingerprint density at radius 1 is 1.00 bits per heavy atom. The molecule has 0 N–H and O–H groups in total. The van der Waals surface area contributed by atoms with Crippen LogP contribution in [0.15, 0.2) is 84.0 Å². The molecular weight excluding hydrogens is 412 g/mol. The highest BCUT2D eigenvalue weighted by atomic mass is 28.4. The molecule has 1 aliphatic carbocycles. The van der Waals surface area contributed by atoms with Gasteiger partial charge >= 0.3 is 5.97 Å². The van der Waals surface area contributed by atoms with Crippen LogP contribution in [0.4, 0.5) is 0 Å². The lowest BCUT2D eigenvalue weighted by molar-refractivity contribution is -0.138. The van der Waals surface area contributed by atoms with E-state index in [9.17, 15) is 4.79 Å².